The number of rotatable bonds is 2. The third-order valence-corrected chi connectivity index (χ3v) is 3.65. The lowest BCUT2D eigenvalue weighted by atomic mass is 10.3. The fourth-order valence-electron chi connectivity index (χ4n) is 1.82. The van der Waals surface area contributed by atoms with E-state index in [4.69, 9.17) is 21.7 Å². The number of halogens is 1. The molecule has 0 saturated heterocycles. The van der Waals surface area contributed by atoms with Gasteiger partial charge in [0.25, 0.3) is 0 Å². The van der Waals surface area contributed by atoms with Gasteiger partial charge >= 0.3 is 0 Å². The molecule has 0 radical (unpaired) electrons. The molecule has 2 N–H and O–H groups in total. The summed E-state index contributed by atoms with van der Waals surface area (Å²) in [7, 11) is 0. The molecule has 0 amide bonds. The molecule has 0 aliphatic carbocycles. The summed E-state index contributed by atoms with van der Waals surface area (Å²) in [5.41, 5.74) is 1.75. The summed E-state index contributed by atoms with van der Waals surface area (Å²) in [4.78, 5) is 0. The molecular formula is C14H11BrN2O2S. The van der Waals surface area contributed by atoms with Gasteiger partial charge in [0.2, 0.25) is 6.79 Å². The van der Waals surface area contributed by atoms with Gasteiger partial charge < -0.3 is 20.1 Å². The van der Waals surface area contributed by atoms with E-state index in [9.17, 15) is 0 Å². The second kappa shape index (κ2) is 5.68. The number of nitrogens with one attached hydrogen (secondary N) is 2. The topological polar surface area (TPSA) is 42.5 Å². The molecule has 0 aromatic heterocycles. The van der Waals surface area contributed by atoms with Crippen molar-refractivity contribution < 1.29 is 9.47 Å². The van der Waals surface area contributed by atoms with Crippen LogP contribution in [-0.4, -0.2) is 11.9 Å². The Labute approximate surface area is 130 Å². The molecule has 3 rings (SSSR count). The quantitative estimate of drug-likeness (QED) is 0.801. The summed E-state index contributed by atoms with van der Waals surface area (Å²) in [6.45, 7) is 0.262. The molecule has 2 aromatic carbocycles. The van der Waals surface area contributed by atoms with Gasteiger partial charge in [0.05, 0.1) is 5.69 Å². The lowest BCUT2D eigenvalue weighted by Gasteiger charge is -2.12. The van der Waals surface area contributed by atoms with Gasteiger partial charge in [-0.15, -0.1) is 0 Å². The van der Waals surface area contributed by atoms with Crippen molar-refractivity contribution in [3.8, 4) is 11.5 Å². The number of hydrogen-bond acceptors (Lipinski definition) is 3. The Bertz CT molecular complexity index is 663. The Hall–Kier alpha value is -1.79. The Kier molecular flexibility index (Phi) is 3.75. The van der Waals surface area contributed by atoms with Crippen molar-refractivity contribution in [3.63, 3.8) is 0 Å². The number of para-hydroxylation sites is 1. The van der Waals surface area contributed by atoms with E-state index in [0.717, 1.165) is 27.3 Å². The van der Waals surface area contributed by atoms with Crippen molar-refractivity contribution in [1.29, 1.82) is 0 Å². The van der Waals surface area contributed by atoms with Crippen molar-refractivity contribution in [2.75, 3.05) is 17.4 Å². The van der Waals surface area contributed by atoms with Gasteiger partial charge in [-0.2, -0.15) is 0 Å². The third-order valence-electron chi connectivity index (χ3n) is 2.75. The number of fused-ring (bicyclic) bond motifs is 1. The lowest BCUT2D eigenvalue weighted by molar-refractivity contribution is 0.174. The summed E-state index contributed by atoms with van der Waals surface area (Å²) in [5, 5.41) is 6.75. The van der Waals surface area contributed by atoms with Crippen LogP contribution in [0.15, 0.2) is 46.9 Å². The SMILES string of the molecule is S=C(Nc1ccc2c(c1)OCO2)Nc1ccccc1Br. The zero-order valence-electron chi connectivity index (χ0n) is 10.4. The van der Waals surface area contributed by atoms with E-state index in [2.05, 4.69) is 26.6 Å². The first-order chi connectivity index (χ1) is 9.72. The highest BCUT2D eigenvalue weighted by molar-refractivity contribution is 9.10. The molecule has 0 saturated carbocycles. The summed E-state index contributed by atoms with van der Waals surface area (Å²) in [6.07, 6.45) is 0. The van der Waals surface area contributed by atoms with E-state index in [1.807, 2.05) is 42.5 Å². The van der Waals surface area contributed by atoms with Crippen LogP contribution >= 0.6 is 28.1 Å². The average Bonchev–Trinajstić information content (AvgIpc) is 2.89. The second-order valence-corrected chi connectivity index (χ2v) is 5.39. The van der Waals surface area contributed by atoms with Crippen molar-refractivity contribution in [3.05, 3.63) is 46.9 Å². The Balaban J connectivity index is 1.69. The van der Waals surface area contributed by atoms with E-state index in [1.165, 1.54) is 0 Å². The first kappa shape index (κ1) is 13.2. The standard InChI is InChI=1S/C14H11BrN2O2S/c15-10-3-1-2-4-11(10)17-14(20)16-9-5-6-12-13(7-9)19-8-18-12/h1-7H,8H2,(H2,16,17,20). The minimum atomic E-state index is 0.262. The van der Waals surface area contributed by atoms with Gasteiger partial charge in [0, 0.05) is 16.2 Å². The number of hydrogen-bond donors (Lipinski definition) is 2. The predicted octanol–water partition coefficient (Wildman–Crippen LogP) is 3.99. The van der Waals surface area contributed by atoms with Gasteiger partial charge in [0.15, 0.2) is 16.6 Å². The summed E-state index contributed by atoms with van der Waals surface area (Å²) >= 11 is 8.75. The van der Waals surface area contributed by atoms with Crippen LogP contribution < -0.4 is 20.1 Å². The van der Waals surface area contributed by atoms with Crippen molar-refractivity contribution in [1.82, 2.24) is 0 Å². The maximum atomic E-state index is 5.32. The zero-order valence-corrected chi connectivity index (χ0v) is 12.8. The van der Waals surface area contributed by atoms with Crippen LogP contribution in [0.4, 0.5) is 11.4 Å². The normalized spacial score (nSPS) is 12.1. The van der Waals surface area contributed by atoms with E-state index >= 15 is 0 Å². The molecule has 0 unspecified atom stereocenters. The maximum Gasteiger partial charge on any atom is 0.231 e. The summed E-state index contributed by atoms with van der Waals surface area (Å²) in [6, 6.07) is 13.4. The monoisotopic (exact) mass is 350 g/mol. The van der Waals surface area contributed by atoms with Crippen LogP contribution in [0.5, 0.6) is 11.5 Å². The lowest BCUT2D eigenvalue weighted by Crippen LogP contribution is -2.19. The average molecular weight is 351 g/mol. The van der Waals surface area contributed by atoms with Gasteiger partial charge in [-0.25, -0.2) is 0 Å². The van der Waals surface area contributed by atoms with E-state index in [0.29, 0.717) is 5.11 Å². The van der Waals surface area contributed by atoms with Gasteiger partial charge in [0.1, 0.15) is 0 Å². The van der Waals surface area contributed by atoms with E-state index in [1.54, 1.807) is 0 Å². The molecule has 1 aliphatic heterocycles. The molecular weight excluding hydrogens is 340 g/mol. The molecule has 0 atom stereocenters. The molecule has 102 valence electrons. The molecule has 20 heavy (non-hydrogen) atoms. The predicted molar refractivity (Wildman–Crippen MR) is 86.6 cm³/mol. The Morgan fingerprint density at radius 1 is 1.05 bits per heavy atom. The van der Waals surface area contributed by atoms with Gasteiger partial charge in [-0.05, 0) is 52.4 Å². The van der Waals surface area contributed by atoms with E-state index < -0.39 is 0 Å². The molecule has 0 fully saturated rings. The Morgan fingerprint density at radius 2 is 1.85 bits per heavy atom. The number of benzene rings is 2. The fourth-order valence-corrected chi connectivity index (χ4v) is 2.43. The molecule has 0 spiro atoms. The summed E-state index contributed by atoms with van der Waals surface area (Å²) in [5.74, 6) is 1.47. The molecule has 2 aromatic rings. The summed E-state index contributed by atoms with van der Waals surface area (Å²) < 4.78 is 11.5. The van der Waals surface area contributed by atoms with Crippen molar-refractivity contribution in [2.45, 2.75) is 0 Å². The first-order valence-corrected chi connectivity index (χ1v) is 7.15. The van der Waals surface area contributed by atoms with Gasteiger partial charge in [-0.3, -0.25) is 0 Å². The second-order valence-electron chi connectivity index (χ2n) is 4.13. The minimum absolute atomic E-state index is 0.262. The number of thiocarbonyl (C=S) groups is 1. The first-order valence-electron chi connectivity index (χ1n) is 5.94. The highest BCUT2D eigenvalue weighted by Crippen LogP contribution is 2.34. The fraction of sp³-hybridized carbons (Fsp3) is 0.0714. The highest BCUT2D eigenvalue weighted by Gasteiger charge is 2.13. The molecule has 1 aliphatic rings. The molecule has 1 heterocycles. The van der Waals surface area contributed by atoms with E-state index in [-0.39, 0.29) is 6.79 Å². The number of anilines is 2. The van der Waals surface area contributed by atoms with Gasteiger partial charge in [-0.1, -0.05) is 12.1 Å². The van der Waals surface area contributed by atoms with Crippen LogP contribution in [0, 0.1) is 0 Å². The van der Waals surface area contributed by atoms with Crippen LogP contribution in [0.3, 0.4) is 0 Å². The van der Waals surface area contributed by atoms with Crippen LogP contribution in [0.1, 0.15) is 0 Å². The van der Waals surface area contributed by atoms with Crippen molar-refractivity contribution >= 4 is 44.6 Å². The number of ether oxygens (including phenoxy) is 2. The maximum absolute atomic E-state index is 5.32. The molecule has 0 bridgehead atoms. The molecule has 4 nitrogen and oxygen atoms in total. The third kappa shape index (κ3) is 2.86. The highest BCUT2D eigenvalue weighted by atomic mass is 79.9. The Morgan fingerprint density at radius 3 is 2.70 bits per heavy atom. The van der Waals surface area contributed by atoms with Crippen LogP contribution in [0.2, 0.25) is 0 Å². The zero-order chi connectivity index (χ0) is 13.9. The van der Waals surface area contributed by atoms with Crippen LogP contribution in [-0.2, 0) is 0 Å². The largest absolute Gasteiger partial charge is 0.454 e. The minimum Gasteiger partial charge on any atom is -0.454 e. The van der Waals surface area contributed by atoms with Crippen LogP contribution in [0.25, 0.3) is 0 Å². The molecule has 6 heteroatoms. The van der Waals surface area contributed by atoms with Crippen molar-refractivity contribution in [2.24, 2.45) is 0 Å². The smallest absolute Gasteiger partial charge is 0.231 e.